The molecule has 0 N–H and O–H groups in total. The highest BCUT2D eigenvalue weighted by molar-refractivity contribution is 6.16. The Hall–Kier alpha value is -1.77. The van der Waals surface area contributed by atoms with E-state index in [1.54, 1.807) is 6.08 Å². The molecular weight excluding hydrogens is 286 g/mol. The normalized spacial score (nSPS) is 27.3. The molecule has 0 aromatic carbocycles. The Balaban J connectivity index is 1.74. The van der Waals surface area contributed by atoms with E-state index in [4.69, 9.17) is 4.99 Å². The monoisotopic (exact) mass is 311 g/mol. The maximum atomic E-state index is 12.7. The van der Waals surface area contributed by atoms with Gasteiger partial charge in [-0.2, -0.15) is 0 Å². The molecule has 23 heavy (non-hydrogen) atoms. The van der Waals surface area contributed by atoms with Gasteiger partial charge in [0.1, 0.15) is 0 Å². The standard InChI is InChI=1S/C20H25NO2/c1-14(22)17-8-5-6-9-18(17)20(23)13-16-12-11-15-7-3-2-4-10-19(15)21-16/h5,8,11-12,15,19H,2-4,6-7,9-10,13H2,1H3. The van der Waals surface area contributed by atoms with Gasteiger partial charge in [0.2, 0.25) is 0 Å². The third kappa shape index (κ3) is 3.77. The summed E-state index contributed by atoms with van der Waals surface area (Å²) in [6.45, 7) is 1.53. The maximum absolute atomic E-state index is 12.7. The van der Waals surface area contributed by atoms with Crippen LogP contribution in [0.4, 0.5) is 0 Å². The Bertz CT molecular complexity index is 622. The van der Waals surface area contributed by atoms with Crippen LogP contribution in [0.3, 0.4) is 0 Å². The fourth-order valence-corrected chi connectivity index (χ4v) is 3.85. The van der Waals surface area contributed by atoms with Crippen molar-refractivity contribution >= 4 is 17.3 Å². The first-order valence-corrected chi connectivity index (χ1v) is 8.84. The van der Waals surface area contributed by atoms with Crippen LogP contribution < -0.4 is 0 Å². The first-order valence-electron chi connectivity index (χ1n) is 8.84. The number of nitrogens with zero attached hydrogens (tertiary/aromatic N) is 1. The molecule has 3 aliphatic rings. The lowest BCUT2D eigenvalue weighted by Crippen LogP contribution is -2.23. The van der Waals surface area contributed by atoms with Gasteiger partial charge in [-0.1, -0.05) is 37.5 Å². The minimum Gasteiger partial charge on any atom is -0.294 e. The van der Waals surface area contributed by atoms with Crippen LogP contribution in [0.25, 0.3) is 0 Å². The quantitative estimate of drug-likeness (QED) is 0.783. The number of carbonyl (C=O) groups is 2. The van der Waals surface area contributed by atoms with Crippen LogP contribution >= 0.6 is 0 Å². The first kappa shape index (κ1) is 16.1. The molecule has 0 bridgehead atoms. The van der Waals surface area contributed by atoms with Crippen molar-refractivity contribution in [3.05, 3.63) is 35.5 Å². The van der Waals surface area contributed by atoms with Gasteiger partial charge in [-0.05, 0) is 44.6 Å². The highest BCUT2D eigenvalue weighted by Crippen LogP contribution is 2.30. The largest absolute Gasteiger partial charge is 0.294 e. The van der Waals surface area contributed by atoms with Crippen LogP contribution in [0.15, 0.2) is 40.4 Å². The molecule has 1 aliphatic heterocycles. The van der Waals surface area contributed by atoms with Crippen LogP contribution in [-0.2, 0) is 9.59 Å². The molecule has 3 nitrogen and oxygen atoms in total. The number of dihydropyridines is 1. The molecule has 0 saturated heterocycles. The van der Waals surface area contributed by atoms with E-state index in [-0.39, 0.29) is 11.6 Å². The number of carbonyl (C=O) groups excluding carboxylic acids is 2. The van der Waals surface area contributed by atoms with E-state index in [9.17, 15) is 9.59 Å². The number of hydrogen-bond donors (Lipinski definition) is 0. The molecule has 0 spiro atoms. The summed E-state index contributed by atoms with van der Waals surface area (Å²) in [6.07, 6.45) is 16.1. The van der Waals surface area contributed by atoms with E-state index in [2.05, 4.69) is 6.08 Å². The van der Waals surface area contributed by atoms with Crippen LogP contribution in [-0.4, -0.2) is 23.3 Å². The highest BCUT2D eigenvalue weighted by atomic mass is 16.1. The summed E-state index contributed by atoms with van der Waals surface area (Å²) in [5.41, 5.74) is 2.18. The number of aliphatic imine (C=N–C) groups is 1. The van der Waals surface area contributed by atoms with Gasteiger partial charge in [0.15, 0.2) is 11.6 Å². The fraction of sp³-hybridized carbons (Fsp3) is 0.550. The van der Waals surface area contributed by atoms with Crippen LogP contribution in [0.5, 0.6) is 0 Å². The molecule has 1 saturated carbocycles. The minimum atomic E-state index is -0.0192. The molecule has 1 fully saturated rings. The van der Waals surface area contributed by atoms with Crippen molar-refractivity contribution in [1.29, 1.82) is 0 Å². The van der Waals surface area contributed by atoms with Crippen LogP contribution in [0.1, 0.15) is 58.3 Å². The van der Waals surface area contributed by atoms with Gasteiger partial charge in [0.25, 0.3) is 0 Å². The minimum absolute atomic E-state index is 0.0192. The molecule has 1 heterocycles. The molecule has 2 unspecified atom stereocenters. The summed E-state index contributed by atoms with van der Waals surface area (Å²) in [7, 11) is 0. The summed E-state index contributed by atoms with van der Waals surface area (Å²) < 4.78 is 0. The molecule has 0 amide bonds. The molecule has 122 valence electrons. The van der Waals surface area contributed by atoms with Crippen molar-refractivity contribution in [2.24, 2.45) is 10.9 Å². The molecule has 0 aromatic heterocycles. The first-order chi connectivity index (χ1) is 11.1. The second kappa shape index (κ2) is 7.20. The van der Waals surface area contributed by atoms with Gasteiger partial charge >= 0.3 is 0 Å². The number of fused-ring (bicyclic) bond motifs is 1. The molecule has 0 aromatic rings. The van der Waals surface area contributed by atoms with E-state index in [1.807, 2.05) is 12.2 Å². The summed E-state index contributed by atoms with van der Waals surface area (Å²) in [5, 5.41) is 0. The molecule has 0 radical (unpaired) electrons. The number of ketones is 2. The number of rotatable bonds is 4. The third-order valence-electron chi connectivity index (χ3n) is 5.13. The molecule has 3 heteroatoms. The second-order valence-corrected chi connectivity index (χ2v) is 6.84. The zero-order chi connectivity index (χ0) is 16.2. The van der Waals surface area contributed by atoms with Crippen molar-refractivity contribution < 1.29 is 9.59 Å². The summed E-state index contributed by atoms with van der Waals surface area (Å²) in [4.78, 5) is 29.2. The van der Waals surface area contributed by atoms with E-state index < -0.39 is 0 Å². The summed E-state index contributed by atoms with van der Waals surface area (Å²) >= 11 is 0. The Labute approximate surface area is 138 Å². The Kier molecular flexibility index (Phi) is 5.04. The van der Waals surface area contributed by atoms with Crippen molar-refractivity contribution in [1.82, 2.24) is 0 Å². The fourth-order valence-electron chi connectivity index (χ4n) is 3.85. The second-order valence-electron chi connectivity index (χ2n) is 6.84. The molecular formula is C20H25NO2. The lowest BCUT2D eigenvalue weighted by molar-refractivity contribution is -0.116. The molecule has 2 aliphatic carbocycles. The Morgan fingerprint density at radius 2 is 2.00 bits per heavy atom. The zero-order valence-electron chi connectivity index (χ0n) is 13.9. The van der Waals surface area contributed by atoms with Crippen LogP contribution in [0.2, 0.25) is 0 Å². The van der Waals surface area contributed by atoms with Crippen molar-refractivity contribution in [2.75, 3.05) is 0 Å². The average Bonchev–Trinajstić information content (AvgIpc) is 2.79. The molecule has 3 rings (SSSR count). The lowest BCUT2D eigenvalue weighted by Gasteiger charge is -2.23. The topological polar surface area (TPSA) is 46.5 Å². The number of allylic oxidation sites excluding steroid dienone is 5. The lowest BCUT2D eigenvalue weighted by atomic mass is 9.88. The van der Waals surface area contributed by atoms with E-state index in [0.717, 1.165) is 18.6 Å². The van der Waals surface area contributed by atoms with E-state index in [1.165, 1.54) is 32.6 Å². The van der Waals surface area contributed by atoms with Crippen molar-refractivity contribution in [2.45, 2.75) is 64.3 Å². The predicted octanol–water partition coefficient (Wildman–Crippen LogP) is 4.14. The predicted molar refractivity (Wildman–Crippen MR) is 92.6 cm³/mol. The van der Waals surface area contributed by atoms with E-state index in [0.29, 0.717) is 35.9 Å². The molecule has 2 atom stereocenters. The van der Waals surface area contributed by atoms with Gasteiger partial charge in [-0.15, -0.1) is 0 Å². The third-order valence-corrected chi connectivity index (χ3v) is 5.13. The smallest absolute Gasteiger partial charge is 0.165 e. The van der Waals surface area contributed by atoms with Gasteiger partial charge in [0.05, 0.1) is 12.5 Å². The average molecular weight is 311 g/mol. The SMILES string of the molecule is CC(=O)C1=C(C(=O)CC2=NC3CCCCCC3C=C2)CCC=C1. The highest BCUT2D eigenvalue weighted by Gasteiger charge is 2.26. The van der Waals surface area contributed by atoms with Gasteiger partial charge < -0.3 is 0 Å². The van der Waals surface area contributed by atoms with Crippen molar-refractivity contribution in [3.8, 4) is 0 Å². The van der Waals surface area contributed by atoms with Crippen LogP contribution in [0, 0.1) is 5.92 Å². The number of hydrogen-bond acceptors (Lipinski definition) is 3. The van der Waals surface area contributed by atoms with Gasteiger partial charge in [-0.25, -0.2) is 0 Å². The maximum Gasteiger partial charge on any atom is 0.165 e. The Morgan fingerprint density at radius 1 is 1.17 bits per heavy atom. The summed E-state index contributed by atoms with van der Waals surface area (Å²) in [6, 6.07) is 0.359. The zero-order valence-corrected chi connectivity index (χ0v) is 13.9. The van der Waals surface area contributed by atoms with Gasteiger partial charge in [0, 0.05) is 16.9 Å². The summed E-state index contributed by atoms with van der Waals surface area (Å²) in [5.74, 6) is 0.602. The Morgan fingerprint density at radius 3 is 2.83 bits per heavy atom. The number of Topliss-reactive ketones (excluding diaryl/α,β-unsaturated/α-hetero) is 2. The van der Waals surface area contributed by atoms with E-state index >= 15 is 0 Å². The van der Waals surface area contributed by atoms with Crippen molar-refractivity contribution in [3.63, 3.8) is 0 Å². The van der Waals surface area contributed by atoms with Gasteiger partial charge in [-0.3, -0.25) is 14.6 Å².